The lowest BCUT2D eigenvalue weighted by molar-refractivity contribution is -0.387. The number of nitrogens with two attached hydrogens (primary N) is 1. The molecule has 10 nitrogen and oxygen atoms in total. The molecular formula is C16H15ClF2N4O6. The Balaban J connectivity index is 0.000000499. The number of nitrogens with zero attached hydrogens (tertiary/aromatic N) is 2. The number of nitro benzene ring substituents is 2. The molecule has 156 valence electrons. The third-order valence-corrected chi connectivity index (χ3v) is 3.22. The number of hydrogen-bond acceptors (Lipinski definition) is 7. The van der Waals surface area contributed by atoms with Gasteiger partial charge in [-0.05, 0) is 42.9 Å². The maximum atomic E-state index is 12.8. The molecule has 0 heterocycles. The number of hydrogen-bond donors (Lipinski definition) is 2. The van der Waals surface area contributed by atoms with E-state index in [1.165, 1.54) is 20.2 Å². The topological polar surface area (TPSA) is 158 Å². The van der Waals surface area contributed by atoms with Crippen molar-refractivity contribution in [1.29, 1.82) is 0 Å². The van der Waals surface area contributed by atoms with Gasteiger partial charge in [0.25, 0.3) is 11.1 Å². The summed E-state index contributed by atoms with van der Waals surface area (Å²) in [5.41, 5.74) is 2.99. The maximum Gasteiger partial charge on any atom is 0.305 e. The van der Waals surface area contributed by atoms with Gasteiger partial charge in [0.05, 0.1) is 9.85 Å². The van der Waals surface area contributed by atoms with Crippen molar-refractivity contribution in [2.45, 2.75) is 0 Å². The summed E-state index contributed by atoms with van der Waals surface area (Å²) < 4.78 is 25.5. The van der Waals surface area contributed by atoms with Gasteiger partial charge in [0.1, 0.15) is 0 Å². The largest absolute Gasteiger partial charge is 0.355 e. The molecule has 0 fully saturated rings. The van der Waals surface area contributed by atoms with E-state index in [0.717, 1.165) is 30.3 Å². The molecule has 0 atom stereocenters. The molecule has 2 aromatic rings. The molecule has 0 saturated carbocycles. The van der Waals surface area contributed by atoms with Gasteiger partial charge in [-0.15, -0.1) is 0 Å². The van der Waals surface area contributed by atoms with Crippen LogP contribution in [-0.2, 0) is 0 Å². The summed E-state index contributed by atoms with van der Waals surface area (Å²) in [6, 6.07) is 5.67. The molecule has 13 heteroatoms. The minimum Gasteiger partial charge on any atom is -0.355 e. The summed E-state index contributed by atoms with van der Waals surface area (Å²) in [5, 5.41) is 22.0. The summed E-state index contributed by atoms with van der Waals surface area (Å²) >= 11 is 5.05. The van der Waals surface area contributed by atoms with Crippen molar-refractivity contribution in [2.75, 3.05) is 14.1 Å². The van der Waals surface area contributed by atoms with E-state index in [0.29, 0.717) is 0 Å². The summed E-state index contributed by atoms with van der Waals surface area (Å²) in [7, 11) is 2.89. The van der Waals surface area contributed by atoms with Crippen LogP contribution in [0, 0.1) is 31.9 Å². The number of amides is 1. The summed E-state index contributed by atoms with van der Waals surface area (Å²) in [4.78, 5) is 40.3. The Kier molecular flexibility index (Phi) is 10.6. The van der Waals surface area contributed by atoms with Crippen molar-refractivity contribution < 1.29 is 28.2 Å². The first-order valence-electron chi connectivity index (χ1n) is 7.46. The van der Waals surface area contributed by atoms with E-state index in [4.69, 9.17) is 11.6 Å². The van der Waals surface area contributed by atoms with Crippen molar-refractivity contribution in [3.8, 4) is 0 Å². The molecule has 0 aliphatic carbocycles. The van der Waals surface area contributed by atoms with Crippen LogP contribution in [-0.4, -0.2) is 35.1 Å². The average molecular weight is 433 g/mol. The Bertz CT molecular complexity index is 926. The zero-order chi connectivity index (χ0) is 22.7. The fourth-order valence-electron chi connectivity index (χ4n) is 1.71. The van der Waals surface area contributed by atoms with Crippen molar-refractivity contribution in [3.63, 3.8) is 0 Å². The van der Waals surface area contributed by atoms with Crippen LogP contribution < -0.4 is 11.1 Å². The molecule has 2 rings (SSSR count). The van der Waals surface area contributed by atoms with E-state index < -0.39 is 44.0 Å². The fraction of sp³-hybridized carbons (Fsp3) is 0.125. The summed E-state index contributed by atoms with van der Waals surface area (Å²) in [6.45, 7) is 0. The number of benzene rings is 2. The van der Waals surface area contributed by atoms with E-state index in [1.807, 2.05) is 0 Å². The predicted octanol–water partition coefficient (Wildman–Crippen LogP) is 2.78. The Morgan fingerprint density at radius 3 is 1.66 bits per heavy atom. The highest BCUT2D eigenvalue weighted by Crippen LogP contribution is 2.19. The lowest BCUT2D eigenvalue weighted by atomic mass is 10.2. The van der Waals surface area contributed by atoms with E-state index in [-0.39, 0.29) is 11.1 Å². The van der Waals surface area contributed by atoms with Crippen molar-refractivity contribution in [3.05, 3.63) is 79.4 Å². The Hall–Kier alpha value is -3.51. The highest BCUT2D eigenvalue weighted by Gasteiger charge is 2.17. The molecule has 0 bridgehead atoms. The first-order valence-corrected chi connectivity index (χ1v) is 7.83. The van der Waals surface area contributed by atoms with Crippen molar-refractivity contribution >= 4 is 34.1 Å². The normalized spacial score (nSPS) is 9.17. The van der Waals surface area contributed by atoms with Crippen LogP contribution in [0.2, 0.25) is 0 Å². The lowest BCUT2D eigenvalue weighted by Crippen LogP contribution is -2.17. The van der Waals surface area contributed by atoms with Crippen molar-refractivity contribution in [1.82, 2.24) is 5.32 Å². The lowest BCUT2D eigenvalue weighted by Gasteiger charge is -1.99. The summed E-state index contributed by atoms with van der Waals surface area (Å²) in [5.74, 6) is -2.44. The van der Waals surface area contributed by atoms with Gasteiger partial charge in [0, 0.05) is 30.3 Å². The SMILES string of the molecule is CN.CNC(=O)c1ccc(F)c([N+](=O)[O-])c1.O=C(Cl)c1ccc(F)c([N+](=O)[O-])c1. The minimum absolute atomic E-state index is 0.0561. The van der Waals surface area contributed by atoms with Gasteiger partial charge in [-0.25, -0.2) is 0 Å². The average Bonchev–Trinajstić information content (AvgIpc) is 2.69. The van der Waals surface area contributed by atoms with Gasteiger partial charge >= 0.3 is 11.4 Å². The van der Waals surface area contributed by atoms with Crippen LogP contribution in [0.3, 0.4) is 0 Å². The summed E-state index contributed by atoms with van der Waals surface area (Å²) in [6.07, 6.45) is 0. The van der Waals surface area contributed by atoms with E-state index in [2.05, 4.69) is 11.1 Å². The molecule has 29 heavy (non-hydrogen) atoms. The maximum absolute atomic E-state index is 12.8. The molecule has 0 aromatic heterocycles. The van der Waals surface area contributed by atoms with Gasteiger partial charge in [0.15, 0.2) is 0 Å². The van der Waals surface area contributed by atoms with E-state index >= 15 is 0 Å². The van der Waals surface area contributed by atoms with E-state index in [9.17, 15) is 38.6 Å². The van der Waals surface area contributed by atoms with Crippen LogP contribution in [0.4, 0.5) is 20.2 Å². The Morgan fingerprint density at radius 1 is 0.931 bits per heavy atom. The Morgan fingerprint density at radius 2 is 1.31 bits per heavy atom. The first kappa shape index (κ1) is 25.5. The molecule has 0 spiro atoms. The highest BCUT2D eigenvalue weighted by atomic mass is 35.5. The number of halogens is 3. The third kappa shape index (κ3) is 7.56. The van der Waals surface area contributed by atoms with Gasteiger partial charge in [-0.2, -0.15) is 8.78 Å². The second-order valence-electron chi connectivity index (χ2n) is 4.70. The predicted molar refractivity (Wildman–Crippen MR) is 99.8 cm³/mol. The van der Waals surface area contributed by atoms with Crippen LogP contribution in [0.25, 0.3) is 0 Å². The van der Waals surface area contributed by atoms with Crippen LogP contribution in [0.1, 0.15) is 20.7 Å². The van der Waals surface area contributed by atoms with Gasteiger partial charge in [-0.3, -0.25) is 29.8 Å². The zero-order valence-electron chi connectivity index (χ0n) is 15.0. The molecule has 0 radical (unpaired) electrons. The molecular weight excluding hydrogens is 418 g/mol. The first-order chi connectivity index (χ1) is 13.6. The van der Waals surface area contributed by atoms with Crippen LogP contribution >= 0.6 is 11.6 Å². The number of rotatable bonds is 4. The number of nitro groups is 2. The zero-order valence-corrected chi connectivity index (χ0v) is 15.8. The van der Waals surface area contributed by atoms with E-state index in [1.54, 1.807) is 0 Å². The quantitative estimate of drug-likeness (QED) is 0.426. The van der Waals surface area contributed by atoms with Crippen LogP contribution in [0.5, 0.6) is 0 Å². The van der Waals surface area contributed by atoms with Gasteiger partial charge in [-0.1, -0.05) is 0 Å². The fourth-order valence-corrected chi connectivity index (χ4v) is 1.83. The molecule has 1 amide bonds. The molecule has 0 aliphatic heterocycles. The smallest absolute Gasteiger partial charge is 0.305 e. The molecule has 3 N–H and O–H groups in total. The van der Waals surface area contributed by atoms with Crippen molar-refractivity contribution in [2.24, 2.45) is 5.73 Å². The highest BCUT2D eigenvalue weighted by molar-refractivity contribution is 6.67. The van der Waals surface area contributed by atoms with Gasteiger partial charge < -0.3 is 11.1 Å². The van der Waals surface area contributed by atoms with Gasteiger partial charge in [0.2, 0.25) is 11.6 Å². The standard InChI is InChI=1S/C8H7FN2O3.C7H3ClFNO3.CH5N/c1-10-8(12)5-2-3-6(9)7(4-5)11(13)14;8-7(11)4-1-2-5(9)6(3-4)10(12)13;1-2/h2-4H,1H3,(H,10,12);1-3H;2H2,1H3. The number of carbonyl (C=O) groups excluding carboxylic acids is 2. The number of nitrogens with one attached hydrogen (secondary N) is 1. The molecule has 0 saturated heterocycles. The second kappa shape index (κ2) is 12.0. The monoisotopic (exact) mass is 432 g/mol. The molecule has 2 aromatic carbocycles. The second-order valence-corrected chi connectivity index (χ2v) is 5.04. The Labute approximate surface area is 167 Å². The minimum atomic E-state index is -0.994. The molecule has 0 unspecified atom stereocenters. The third-order valence-electron chi connectivity index (χ3n) is 3.00. The molecule has 0 aliphatic rings. The van der Waals surface area contributed by atoms with Crippen LogP contribution in [0.15, 0.2) is 36.4 Å². The number of carbonyl (C=O) groups is 2.